The average Bonchev–Trinajstić information content (AvgIpc) is 3.38. The Labute approximate surface area is 214 Å². The largest absolute Gasteiger partial charge is 0.368 e. The summed E-state index contributed by atoms with van der Waals surface area (Å²) in [4.78, 5) is 22.7. The third-order valence-electron chi connectivity index (χ3n) is 6.60. The van der Waals surface area contributed by atoms with Gasteiger partial charge in [-0.2, -0.15) is 5.10 Å². The first-order chi connectivity index (χ1) is 17.7. The average molecular weight is 494 g/mol. The molecule has 36 heavy (non-hydrogen) atoms. The molecular formula is C29H24ClN5O. The van der Waals surface area contributed by atoms with E-state index in [-0.39, 0.29) is 5.91 Å². The summed E-state index contributed by atoms with van der Waals surface area (Å²) in [7, 11) is 0. The Kier molecular flexibility index (Phi) is 5.87. The van der Waals surface area contributed by atoms with E-state index < -0.39 is 0 Å². The Balaban J connectivity index is 1.34. The van der Waals surface area contributed by atoms with Crippen LogP contribution in [0.3, 0.4) is 0 Å². The maximum atomic E-state index is 13.7. The Hall–Kier alpha value is -4.16. The molecule has 0 bridgehead atoms. The zero-order valence-electron chi connectivity index (χ0n) is 19.6. The van der Waals surface area contributed by atoms with Gasteiger partial charge in [-0.05, 0) is 30.3 Å². The highest BCUT2D eigenvalue weighted by Crippen LogP contribution is 2.28. The van der Waals surface area contributed by atoms with Gasteiger partial charge in [0.15, 0.2) is 5.65 Å². The third kappa shape index (κ3) is 4.20. The molecule has 3 heterocycles. The quantitative estimate of drug-likeness (QED) is 0.323. The zero-order valence-corrected chi connectivity index (χ0v) is 20.3. The van der Waals surface area contributed by atoms with Crippen molar-refractivity contribution in [1.82, 2.24) is 19.5 Å². The van der Waals surface area contributed by atoms with Crippen LogP contribution in [0.4, 0.5) is 5.69 Å². The van der Waals surface area contributed by atoms with Gasteiger partial charge in [0, 0.05) is 48.0 Å². The Morgan fingerprint density at radius 2 is 1.42 bits per heavy atom. The van der Waals surface area contributed by atoms with Gasteiger partial charge in [0.05, 0.1) is 17.6 Å². The molecule has 0 N–H and O–H groups in total. The smallest absolute Gasteiger partial charge is 0.259 e. The molecule has 7 heteroatoms. The third-order valence-corrected chi connectivity index (χ3v) is 6.85. The molecule has 1 saturated heterocycles. The summed E-state index contributed by atoms with van der Waals surface area (Å²) in [6.45, 7) is 2.76. The van der Waals surface area contributed by atoms with E-state index in [9.17, 15) is 4.79 Å². The monoisotopic (exact) mass is 493 g/mol. The normalized spacial score (nSPS) is 13.8. The van der Waals surface area contributed by atoms with E-state index in [0.717, 1.165) is 46.3 Å². The molecular weight excluding hydrogens is 470 g/mol. The summed E-state index contributed by atoms with van der Waals surface area (Å²) in [5.74, 6) is -0.0440. The van der Waals surface area contributed by atoms with E-state index in [2.05, 4.69) is 10.00 Å². The Morgan fingerprint density at radius 1 is 0.778 bits per heavy atom. The maximum Gasteiger partial charge on any atom is 0.259 e. The lowest BCUT2D eigenvalue weighted by atomic mass is 10.1. The number of carbonyl (C=O) groups excluding carboxylic acids is 1. The van der Waals surface area contributed by atoms with Crippen molar-refractivity contribution in [3.63, 3.8) is 0 Å². The molecule has 6 nitrogen and oxygen atoms in total. The zero-order chi connectivity index (χ0) is 24.5. The summed E-state index contributed by atoms with van der Waals surface area (Å²) in [5, 5.41) is 5.32. The number of halogens is 1. The lowest BCUT2D eigenvalue weighted by Gasteiger charge is -2.36. The van der Waals surface area contributed by atoms with Gasteiger partial charge in [0.25, 0.3) is 5.91 Å². The van der Waals surface area contributed by atoms with Crippen LogP contribution in [0.5, 0.6) is 0 Å². The van der Waals surface area contributed by atoms with Crippen molar-refractivity contribution in [2.45, 2.75) is 0 Å². The van der Waals surface area contributed by atoms with Gasteiger partial charge in [0.1, 0.15) is 5.56 Å². The fourth-order valence-corrected chi connectivity index (χ4v) is 4.80. The molecule has 0 spiro atoms. The fraction of sp³-hybridized carbons (Fsp3) is 0.138. The number of fused-ring (bicyclic) bond motifs is 1. The van der Waals surface area contributed by atoms with Crippen LogP contribution in [0.15, 0.2) is 97.2 Å². The molecule has 178 valence electrons. The molecule has 2 aromatic heterocycles. The fourth-order valence-electron chi connectivity index (χ4n) is 4.68. The lowest BCUT2D eigenvalue weighted by molar-refractivity contribution is 0.0748. The number of hydrogen-bond donors (Lipinski definition) is 0. The molecule has 0 saturated carbocycles. The number of hydrogen-bond acceptors (Lipinski definition) is 4. The van der Waals surface area contributed by atoms with Crippen LogP contribution in [0.2, 0.25) is 5.02 Å². The van der Waals surface area contributed by atoms with E-state index >= 15 is 0 Å². The van der Waals surface area contributed by atoms with Gasteiger partial charge in [-0.3, -0.25) is 4.79 Å². The van der Waals surface area contributed by atoms with E-state index in [4.69, 9.17) is 16.6 Å². The molecule has 0 unspecified atom stereocenters. The molecule has 1 aliphatic heterocycles. The van der Waals surface area contributed by atoms with Gasteiger partial charge in [-0.25, -0.2) is 9.50 Å². The minimum absolute atomic E-state index is 0.0440. The first-order valence-electron chi connectivity index (χ1n) is 12.0. The van der Waals surface area contributed by atoms with Crippen LogP contribution in [-0.2, 0) is 0 Å². The van der Waals surface area contributed by atoms with E-state index in [1.165, 1.54) is 0 Å². The van der Waals surface area contributed by atoms with Crippen molar-refractivity contribution in [2.75, 3.05) is 31.1 Å². The second-order valence-corrected chi connectivity index (χ2v) is 9.24. The highest BCUT2D eigenvalue weighted by molar-refractivity contribution is 6.30. The molecule has 1 amide bonds. The van der Waals surface area contributed by atoms with Gasteiger partial charge in [-0.1, -0.05) is 72.3 Å². The highest BCUT2D eigenvalue weighted by atomic mass is 35.5. The summed E-state index contributed by atoms with van der Waals surface area (Å²) in [6, 6.07) is 30.0. The number of nitrogens with zero attached hydrogens (tertiary/aromatic N) is 5. The molecule has 1 aliphatic rings. The Morgan fingerprint density at radius 3 is 2.08 bits per heavy atom. The standard InChI is InChI=1S/C29H24ClN5O/c30-23-11-13-24(14-12-23)33-15-17-34(18-16-33)29(36)25-20-31-35-27(22-9-5-2-6-10-22)19-26(32-28(25)35)21-7-3-1-4-8-21/h1-14,19-20H,15-18H2. The molecule has 5 aromatic rings. The van der Waals surface area contributed by atoms with Crippen LogP contribution < -0.4 is 4.90 Å². The van der Waals surface area contributed by atoms with Gasteiger partial charge < -0.3 is 9.80 Å². The minimum atomic E-state index is -0.0440. The number of anilines is 1. The number of benzene rings is 3. The predicted molar refractivity (Wildman–Crippen MR) is 143 cm³/mol. The molecule has 0 aliphatic carbocycles. The molecule has 1 fully saturated rings. The second kappa shape index (κ2) is 9.47. The molecule has 3 aromatic carbocycles. The van der Waals surface area contributed by atoms with Crippen molar-refractivity contribution in [1.29, 1.82) is 0 Å². The van der Waals surface area contributed by atoms with Crippen LogP contribution in [0, 0.1) is 0 Å². The number of rotatable bonds is 4. The number of piperazine rings is 1. The van der Waals surface area contributed by atoms with E-state index in [1.54, 1.807) is 10.7 Å². The van der Waals surface area contributed by atoms with Crippen LogP contribution in [-0.4, -0.2) is 51.6 Å². The van der Waals surface area contributed by atoms with Crippen molar-refractivity contribution in [3.05, 3.63) is 108 Å². The Bertz CT molecular complexity index is 1510. The van der Waals surface area contributed by atoms with Crippen molar-refractivity contribution in [3.8, 4) is 22.5 Å². The molecule has 6 rings (SSSR count). The number of amides is 1. The minimum Gasteiger partial charge on any atom is -0.368 e. The van der Waals surface area contributed by atoms with Crippen LogP contribution >= 0.6 is 11.6 Å². The van der Waals surface area contributed by atoms with Gasteiger partial charge in [0.2, 0.25) is 0 Å². The highest BCUT2D eigenvalue weighted by Gasteiger charge is 2.26. The van der Waals surface area contributed by atoms with Crippen molar-refractivity contribution < 1.29 is 4.79 Å². The van der Waals surface area contributed by atoms with Gasteiger partial charge in [-0.15, -0.1) is 0 Å². The first kappa shape index (κ1) is 22.3. The lowest BCUT2D eigenvalue weighted by Crippen LogP contribution is -2.48. The summed E-state index contributed by atoms with van der Waals surface area (Å²) < 4.78 is 1.78. The van der Waals surface area contributed by atoms with Gasteiger partial charge >= 0.3 is 0 Å². The predicted octanol–water partition coefficient (Wildman–Crippen LogP) is 5.68. The topological polar surface area (TPSA) is 53.7 Å². The second-order valence-electron chi connectivity index (χ2n) is 8.81. The summed E-state index contributed by atoms with van der Waals surface area (Å²) >= 11 is 6.04. The summed E-state index contributed by atoms with van der Waals surface area (Å²) in [5.41, 5.74) is 5.92. The number of carbonyl (C=O) groups is 1. The van der Waals surface area contributed by atoms with Crippen molar-refractivity contribution in [2.24, 2.45) is 0 Å². The van der Waals surface area contributed by atoms with Crippen LogP contribution in [0.25, 0.3) is 28.2 Å². The van der Waals surface area contributed by atoms with E-state index in [0.29, 0.717) is 24.3 Å². The SMILES string of the molecule is O=C(c1cnn2c(-c3ccccc3)cc(-c3ccccc3)nc12)N1CCN(c2ccc(Cl)cc2)CC1. The van der Waals surface area contributed by atoms with Crippen molar-refractivity contribution >= 4 is 28.8 Å². The number of aromatic nitrogens is 3. The van der Waals surface area contributed by atoms with E-state index in [1.807, 2.05) is 95.9 Å². The molecule has 0 radical (unpaired) electrons. The molecule has 0 atom stereocenters. The first-order valence-corrected chi connectivity index (χ1v) is 12.3. The van der Waals surface area contributed by atoms with Crippen LogP contribution in [0.1, 0.15) is 10.4 Å². The summed E-state index contributed by atoms with van der Waals surface area (Å²) in [6.07, 6.45) is 1.65. The maximum absolute atomic E-state index is 13.7.